The number of esters is 1. The van der Waals surface area contributed by atoms with Crippen LogP contribution in [0.4, 0.5) is 13.2 Å². The molecule has 1 amide bonds. The molecule has 7 heteroatoms. The van der Waals surface area contributed by atoms with Crippen molar-refractivity contribution < 1.29 is 27.5 Å². The van der Waals surface area contributed by atoms with Gasteiger partial charge in [-0.2, -0.15) is 13.2 Å². The number of methoxy groups -OCH3 is 1. The summed E-state index contributed by atoms with van der Waals surface area (Å²) >= 11 is 0. The van der Waals surface area contributed by atoms with Crippen LogP contribution < -0.4 is 5.32 Å². The first-order valence-corrected chi connectivity index (χ1v) is 7.41. The highest BCUT2D eigenvalue weighted by Gasteiger charge is 2.31. The first-order valence-electron chi connectivity index (χ1n) is 7.41. The van der Waals surface area contributed by atoms with Gasteiger partial charge in [0.15, 0.2) is 0 Å². The molecule has 0 aliphatic carbocycles. The van der Waals surface area contributed by atoms with E-state index in [1.807, 2.05) is 0 Å². The van der Waals surface area contributed by atoms with Crippen molar-refractivity contribution in [3.63, 3.8) is 0 Å². The number of alkyl halides is 3. The number of halogens is 3. The number of hydrogen-bond donors (Lipinski definition) is 1. The predicted molar refractivity (Wildman–Crippen MR) is 84.9 cm³/mol. The van der Waals surface area contributed by atoms with E-state index in [2.05, 4.69) is 10.1 Å². The van der Waals surface area contributed by atoms with E-state index in [-0.39, 0.29) is 12.0 Å². The summed E-state index contributed by atoms with van der Waals surface area (Å²) < 4.78 is 42.9. The second-order valence-corrected chi connectivity index (χ2v) is 5.32. The van der Waals surface area contributed by atoms with Gasteiger partial charge >= 0.3 is 12.1 Å². The Hall–Kier alpha value is -2.83. The molecule has 2 aromatic carbocycles. The standard InChI is InChI=1S/C18H16F3NO3/c1-25-17(24)15(10-12-6-3-2-4-7-12)22-16(23)13-8-5-9-14(11-13)18(19,20)21/h2-9,11,15H,10H2,1H3,(H,22,23)/t15-/m0/s1. The minimum atomic E-state index is -4.55. The van der Waals surface area contributed by atoms with E-state index in [1.54, 1.807) is 30.3 Å². The van der Waals surface area contributed by atoms with Crippen LogP contribution in [-0.2, 0) is 22.1 Å². The number of carbonyl (C=O) groups excluding carboxylic acids is 2. The third-order valence-corrected chi connectivity index (χ3v) is 3.53. The first-order chi connectivity index (χ1) is 11.8. The lowest BCUT2D eigenvalue weighted by Crippen LogP contribution is -2.43. The van der Waals surface area contributed by atoms with E-state index in [0.29, 0.717) is 0 Å². The van der Waals surface area contributed by atoms with Gasteiger partial charge in [-0.05, 0) is 23.8 Å². The van der Waals surface area contributed by atoms with Gasteiger partial charge in [0.2, 0.25) is 0 Å². The lowest BCUT2D eigenvalue weighted by atomic mass is 10.0. The number of nitrogens with one attached hydrogen (secondary N) is 1. The maximum absolute atomic E-state index is 12.8. The molecular weight excluding hydrogens is 335 g/mol. The fourth-order valence-electron chi connectivity index (χ4n) is 2.26. The number of benzene rings is 2. The molecule has 0 unspecified atom stereocenters. The Labute approximate surface area is 142 Å². The minimum absolute atomic E-state index is 0.165. The van der Waals surface area contributed by atoms with Gasteiger partial charge in [0.25, 0.3) is 5.91 Å². The van der Waals surface area contributed by atoms with Crippen molar-refractivity contribution in [1.29, 1.82) is 0 Å². The summed E-state index contributed by atoms with van der Waals surface area (Å²) in [6, 6.07) is 11.9. The smallest absolute Gasteiger partial charge is 0.416 e. The third kappa shape index (κ3) is 5.07. The largest absolute Gasteiger partial charge is 0.467 e. The summed E-state index contributed by atoms with van der Waals surface area (Å²) in [7, 11) is 1.18. The van der Waals surface area contributed by atoms with Crippen LogP contribution >= 0.6 is 0 Å². The number of carbonyl (C=O) groups is 2. The summed E-state index contributed by atoms with van der Waals surface area (Å²) in [5.74, 6) is -1.46. The molecule has 0 radical (unpaired) electrons. The number of ether oxygens (including phenoxy) is 1. The molecule has 0 aromatic heterocycles. The van der Waals surface area contributed by atoms with E-state index >= 15 is 0 Å². The summed E-state index contributed by atoms with van der Waals surface area (Å²) in [6.07, 6.45) is -4.39. The fraction of sp³-hybridized carbons (Fsp3) is 0.222. The van der Waals surface area contributed by atoms with Gasteiger partial charge < -0.3 is 10.1 Å². The molecular formula is C18H16F3NO3. The summed E-state index contributed by atoms with van der Waals surface area (Å²) in [5, 5.41) is 2.43. The van der Waals surface area contributed by atoms with Crippen molar-refractivity contribution in [3.05, 3.63) is 71.3 Å². The lowest BCUT2D eigenvalue weighted by Gasteiger charge is -2.17. The van der Waals surface area contributed by atoms with E-state index in [0.717, 1.165) is 23.8 Å². The zero-order valence-corrected chi connectivity index (χ0v) is 13.3. The summed E-state index contributed by atoms with van der Waals surface area (Å²) in [4.78, 5) is 24.2. The zero-order valence-electron chi connectivity index (χ0n) is 13.3. The quantitative estimate of drug-likeness (QED) is 0.842. The maximum Gasteiger partial charge on any atom is 0.416 e. The lowest BCUT2D eigenvalue weighted by molar-refractivity contribution is -0.143. The molecule has 0 aliphatic rings. The fourth-order valence-corrected chi connectivity index (χ4v) is 2.26. The van der Waals surface area contributed by atoms with E-state index in [9.17, 15) is 22.8 Å². The van der Waals surface area contributed by atoms with Crippen LogP contribution in [-0.4, -0.2) is 25.0 Å². The Balaban J connectivity index is 2.18. The van der Waals surface area contributed by atoms with E-state index < -0.39 is 29.7 Å². The molecule has 2 rings (SSSR count). The number of hydrogen-bond acceptors (Lipinski definition) is 3. The molecule has 25 heavy (non-hydrogen) atoms. The van der Waals surface area contributed by atoms with Crippen molar-refractivity contribution in [1.82, 2.24) is 5.32 Å². The van der Waals surface area contributed by atoms with Crippen molar-refractivity contribution in [2.75, 3.05) is 7.11 Å². The number of rotatable bonds is 5. The highest BCUT2D eigenvalue weighted by Crippen LogP contribution is 2.29. The van der Waals surface area contributed by atoms with Crippen LogP contribution in [0.15, 0.2) is 54.6 Å². The Bertz CT molecular complexity index is 745. The van der Waals surface area contributed by atoms with Gasteiger partial charge in [-0.1, -0.05) is 36.4 Å². The Morgan fingerprint density at radius 1 is 1.08 bits per heavy atom. The average Bonchev–Trinajstić information content (AvgIpc) is 2.60. The molecule has 2 aromatic rings. The van der Waals surface area contributed by atoms with Crippen LogP contribution in [0.5, 0.6) is 0 Å². The molecule has 0 saturated heterocycles. The van der Waals surface area contributed by atoms with Crippen LogP contribution in [0.25, 0.3) is 0 Å². The Morgan fingerprint density at radius 2 is 1.76 bits per heavy atom. The Kier molecular flexibility index (Phi) is 5.80. The molecule has 132 valence electrons. The van der Waals surface area contributed by atoms with Gasteiger partial charge in [-0.3, -0.25) is 4.79 Å². The van der Waals surface area contributed by atoms with Crippen LogP contribution in [0.1, 0.15) is 21.5 Å². The second-order valence-electron chi connectivity index (χ2n) is 5.32. The molecule has 0 saturated carbocycles. The van der Waals surface area contributed by atoms with Crippen LogP contribution in [0, 0.1) is 0 Å². The SMILES string of the molecule is COC(=O)[C@H](Cc1ccccc1)NC(=O)c1cccc(C(F)(F)F)c1. The molecule has 1 N–H and O–H groups in total. The monoisotopic (exact) mass is 351 g/mol. The topological polar surface area (TPSA) is 55.4 Å². The van der Waals surface area contributed by atoms with Crippen LogP contribution in [0.3, 0.4) is 0 Å². The molecule has 0 bridgehead atoms. The van der Waals surface area contributed by atoms with Gasteiger partial charge in [0, 0.05) is 12.0 Å². The molecule has 0 aliphatic heterocycles. The highest BCUT2D eigenvalue weighted by molar-refractivity contribution is 5.97. The van der Waals surface area contributed by atoms with E-state index in [1.165, 1.54) is 13.2 Å². The normalized spacial score (nSPS) is 12.3. The maximum atomic E-state index is 12.8. The molecule has 1 atom stereocenters. The minimum Gasteiger partial charge on any atom is -0.467 e. The number of amides is 1. The summed E-state index contributed by atoms with van der Waals surface area (Å²) in [6.45, 7) is 0. The molecule has 4 nitrogen and oxygen atoms in total. The van der Waals surface area contributed by atoms with Crippen LogP contribution in [0.2, 0.25) is 0 Å². The highest BCUT2D eigenvalue weighted by atomic mass is 19.4. The predicted octanol–water partition coefficient (Wildman–Crippen LogP) is 3.22. The molecule has 0 fully saturated rings. The second kappa shape index (κ2) is 7.83. The molecule has 0 spiro atoms. The van der Waals surface area contributed by atoms with Gasteiger partial charge in [0.1, 0.15) is 6.04 Å². The van der Waals surface area contributed by atoms with Crippen molar-refractivity contribution in [2.24, 2.45) is 0 Å². The molecule has 0 heterocycles. The van der Waals surface area contributed by atoms with Gasteiger partial charge in [0.05, 0.1) is 12.7 Å². The van der Waals surface area contributed by atoms with Gasteiger partial charge in [-0.25, -0.2) is 4.79 Å². The first kappa shape index (κ1) is 18.5. The Morgan fingerprint density at radius 3 is 2.36 bits per heavy atom. The van der Waals surface area contributed by atoms with Crippen molar-refractivity contribution >= 4 is 11.9 Å². The van der Waals surface area contributed by atoms with Crippen molar-refractivity contribution in [2.45, 2.75) is 18.6 Å². The third-order valence-electron chi connectivity index (χ3n) is 3.53. The summed E-state index contributed by atoms with van der Waals surface area (Å²) in [5.41, 5.74) is -0.336. The van der Waals surface area contributed by atoms with Crippen molar-refractivity contribution in [3.8, 4) is 0 Å². The average molecular weight is 351 g/mol. The zero-order chi connectivity index (χ0) is 18.4. The van der Waals surface area contributed by atoms with Gasteiger partial charge in [-0.15, -0.1) is 0 Å². The van der Waals surface area contributed by atoms with E-state index in [4.69, 9.17) is 0 Å².